The van der Waals surface area contributed by atoms with Gasteiger partial charge in [-0.25, -0.2) is 0 Å². The van der Waals surface area contributed by atoms with Crippen LogP contribution >= 0.6 is 0 Å². The minimum absolute atomic E-state index is 0.159. The molecular formula is C12H14F3NO2. The Morgan fingerprint density at radius 1 is 1.39 bits per heavy atom. The van der Waals surface area contributed by atoms with E-state index in [1.54, 1.807) is 25.1 Å². The number of methoxy groups -OCH3 is 1. The number of hydrogen-bond donors (Lipinski definition) is 0. The van der Waals surface area contributed by atoms with Gasteiger partial charge in [0, 0.05) is 7.05 Å². The highest BCUT2D eigenvalue weighted by molar-refractivity contribution is 5.98. The number of ether oxygens (including phenoxy) is 1. The van der Waals surface area contributed by atoms with Gasteiger partial charge in [-0.1, -0.05) is 12.1 Å². The molecule has 0 aliphatic heterocycles. The van der Waals surface area contributed by atoms with E-state index in [9.17, 15) is 18.0 Å². The Labute approximate surface area is 103 Å². The quantitative estimate of drug-likeness (QED) is 0.837. The molecule has 0 N–H and O–H groups in total. The summed E-state index contributed by atoms with van der Waals surface area (Å²) in [6.45, 7) is 0.362. The van der Waals surface area contributed by atoms with Crippen molar-refractivity contribution < 1.29 is 22.7 Å². The summed E-state index contributed by atoms with van der Waals surface area (Å²) in [6.07, 6.45) is -4.42. The van der Waals surface area contributed by atoms with Crippen molar-refractivity contribution >= 4 is 5.91 Å². The van der Waals surface area contributed by atoms with E-state index in [1.165, 1.54) is 7.11 Å². The van der Waals surface area contributed by atoms with Crippen LogP contribution in [0.15, 0.2) is 18.2 Å². The maximum atomic E-state index is 12.2. The first-order chi connectivity index (χ1) is 8.26. The molecule has 6 heteroatoms. The lowest BCUT2D eigenvalue weighted by Gasteiger charge is -2.21. The molecule has 0 aliphatic carbocycles. The van der Waals surface area contributed by atoms with Crippen LogP contribution < -0.4 is 4.74 Å². The smallest absolute Gasteiger partial charge is 0.406 e. The zero-order valence-corrected chi connectivity index (χ0v) is 10.3. The number of carbonyl (C=O) groups is 1. The molecule has 100 valence electrons. The Morgan fingerprint density at radius 3 is 2.50 bits per heavy atom. The highest BCUT2D eigenvalue weighted by atomic mass is 19.4. The van der Waals surface area contributed by atoms with E-state index in [-0.39, 0.29) is 11.3 Å². The molecule has 0 radical (unpaired) electrons. The number of nitrogens with zero attached hydrogens (tertiary/aromatic N) is 1. The van der Waals surface area contributed by atoms with Gasteiger partial charge in [0.1, 0.15) is 12.3 Å². The number of hydrogen-bond acceptors (Lipinski definition) is 2. The molecule has 0 aliphatic rings. The van der Waals surface area contributed by atoms with Gasteiger partial charge in [-0.05, 0) is 18.6 Å². The van der Waals surface area contributed by atoms with Crippen molar-refractivity contribution in [1.82, 2.24) is 4.90 Å². The second-order valence-electron chi connectivity index (χ2n) is 3.93. The van der Waals surface area contributed by atoms with Gasteiger partial charge < -0.3 is 9.64 Å². The van der Waals surface area contributed by atoms with Crippen LogP contribution in [0.4, 0.5) is 13.2 Å². The van der Waals surface area contributed by atoms with Gasteiger partial charge in [0.2, 0.25) is 0 Å². The average Bonchev–Trinajstić information content (AvgIpc) is 2.25. The maximum Gasteiger partial charge on any atom is 0.406 e. The first-order valence-electron chi connectivity index (χ1n) is 5.22. The molecule has 0 spiro atoms. The Balaban J connectivity index is 3.04. The average molecular weight is 261 g/mol. The lowest BCUT2D eigenvalue weighted by Crippen LogP contribution is -2.36. The number of aryl methyl sites for hydroxylation is 1. The standard InChI is InChI=1S/C12H14F3NO2/c1-8-5-4-6-9(18-3)10(8)11(17)16(2)7-12(13,14)15/h4-6H,7H2,1-3H3. The molecule has 0 atom stereocenters. The molecule has 1 aromatic rings. The van der Waals surface area contributed by atoms with E-state index in [0.29, 0.717) is 10.5 Å². The molecule has 1 aromatic carbocycles. The monoisotopic (exact) mass is 261 g/mol. The molecule has 0 aromatic heterocycles. The number of rotatable bonds is 3. The molecule has 0 saturated carbocycles. The summed E-state index contributed by atoms with van der Waals surface area (Å²) in [7, 11) is 2.48. The SMILES string of the molecule is COc1cccc(C)c1C(=O)N(C)CC(F)(F)F. The second kappa shape index (κ2) is 5.29. The molecule has 0 heterocycles. The van der Waals surface area contributed by atoms with Crippen LogP contribution in [0, 0.1) is 6.92 Å². The zero-order valence-electron chi connectivity index (χ0n) is 10.3. The van der Waals surface area contributed by atoms with E-state index in [0.717, 1.165) is 7.05 Å². The number of halogens is 3. The van der Waals surface area contributed by atoms with Gasteiger partial charge in [0.05, 0.1) is 12.7 Å². The van der Waals surface area contributed by atoms with Crippen LogP contribution in [-0.2, 0) is 0 Å². The van der Waals surface area contributed by atoms with Gasteiger partial charge in [0.25, 0.3) is 5.91 Å². The highest BCUT2D eigenvalue weighted by Crippen LogP contribution is 2.24. The van der Waals surface area contributed by atoms with Gasteiger partial charge in [-0.3, -0.25) is 4.79 Å². The number of benzene rings is 1. The van der Waals surface area contributed by atoms with E-state index in [1.807, 2.05) is 0 Å². The Hall–Kier alpha value is -1.72. The van der Waals surface area contributed by atoms with Crippen LogP contribution in [0.25, 0.3) is 0 Å². The Bertz CT molecular complexity index is 443. The molecule has 0 bridgehead atoms. The predicted molar refractivity (Wildman–Crippen MR) is 60.7 cm³/mol. The van der Waals surface area contributed by atoms with E-state index >= 15 is 0 Å². The molecule has 3 nitrogen and oxygen atoms in total. The lowest BCUT2D eigenvalue weighted by atomic mass is 10.1. The Morgan fingerprint density at radius 2 is 2.00 bits per heavy atom. The maximum absolute atomic E-state index is 12.2. The van der Waals surface area contributed by atoms with Crippen molar-refractivity contribution in [3.8, 4) is 5.75 Å². The normalized spacial score (nSPS) is 11.2. The summed E-state index contributed by atoms with van der Waals surface area (Å²) in [5.74, 6) is -0.434. The topological polar surface area (TPSA) is 29.5 Å². The minimum Gasteiger partial charge on any atom is -0.496 e. The fourth-order valence-electron chi connectivity index (χ4n) is 1.62. The zero-order chi connectivity index (χ0) is 13.9. The van der Waals surface area contributed by atoms with Crippen molar-refractivity contribution in [3.63, 3.8) is 0 Å². The summed E-state index contributed by atoms with van der Waals surface area (Å²) >= 11 is 0. The summed E-state index contributed by atoms with van der Waals surface area (Å²) < 4.78 is 41.7. The molecule has 0 unspecified atom stereocenters. The van der Waals surface area contributed by atoms with Crippen LogP contribution in [0.5, 0.6) is 5.75 Å². The van der Waals surface area contributed by atoms with Gasteiger partial charge in [0.15, 0.2) is 0 Å². The predicted octanol–water partition coefficient (Wildman–Crippen LogP) is 2.64. The molecule has 1 rings (SSSR count). The number of alkyl halides is 3. The Kier molecular flexibility index (Phi) is 4.21. The molecule has 0 fully saturated rings. The highest BCUT2D eigenvalue weighted by Gasteiger charge is 2.32. The van der Waals surface area contributed by atoms with Crippen LogP contribution in [0.1, 0.15) is 15.9 Å². The summed E-state index contributed by atoms with van der Waals surface area (Å²) in [4.78, 5) is 12.6. The third kappa shape index (κ3) is 3.38. The largest absolute Gasteiger partial charge is 0.496 e. The number of amides is 1. The van der Waals surface area contributed by atoms with Crippen LogP contribution in [0.2, 0.25) is 0 Å². The third-order valence-corrected chi connectivity index (χ3v) is 2.43. The molecular weight excluding hydrogens is 247 g/mol. The van der Waals surface area contributed by atoms with Crippen molar-refractivity contribution in [1.29, 1.82) is 0 Å². The van der Waals surface area contributed by atoms with Crippen LogP contribution in [0.3, 0.4) is 0 Å². The van der Waals surface area contributed by atoms with Gasteiger partial charge >= 0.3 is 6.18 Å². The van der Waals surface area contributed by atoms with Crippen molar-refractivity contribution in [2.24, 2.45) is 0 Å². The first kappa shape index (κ1) is 14.3. The molecule has 0 saturated heterocycles. The molecule has 1 amide bonds. The van der Waals surface area contributed by atoms with E-state index < -0.39 is 18.6 Å². The molecule has 18 heavy (non-hydrogen) atoms. The van der Waals surface area contributed by atoms with Crippen LogP contribution in [-0.4, -0.2) is 37.7 Å². The fraction of sp³-hybridized carbons (Fsp3) is 0.417. The van der Waals surface area contributed by atoms with Crippen molar-refractivity contribution in [3.05, 3.63) is 29.3 Å². The van der Waals surface area contributed by atoms with Crippen molar-refractivity contribution in [2.45, 2.75) is 13.1 Å². The summed E-state index contributed by atoms with van der Waals surface area (Å²) in [5.41, 5.74) is 0.736. The van der Waals surface area contributed by atoms with Crippen molar-refractivity contribution in [2.75, 3.05) is 20.7 Å². The first-order valence-corrected chi connectivity index (χ1v) is 5.22. The lowest BCUT2D eigenvalue weighted by molar-refractivity contribution is -0.138. The van der Waals surface area contributed by atoms with Gasteiger partial charge in [-0.2, -0.15) is 13.2 Å². The van der Waals surface area contributed by atoms with E-state index in [2.05, 4.69) is 0 Å². The third-order valence-electron chi connectivity index (χ3n) is 2.43. The van der Waals surface area contributed by atoms with E-state index in [4.69, 9.17) is 4.74 Å². The van der Waals surface area contributed by atoms with Gasteiger partial charge in [-0.15, -0.1) is 0 Å². The summed E-state index contributed by atoms with van der Waals surface area (Å²) in [5, 5.41) is 0. The number of carbonyl (C=O) groups excluding carboxylic acids is 1. The fourth-order valence-corrected chi connectivity index (χ4v) is 1.62. The summed E-state index contributed by atoms with van der Waals surface area (Å²) in [6, 6.07) is 4.87. The second-order valence-corrected chi connectivity index (χ2v) is 3.93. The minimum atomic E-state index is -4.42.